The number of carbonyl (C=O) groups is 1. The SMILES string of the molecule is CCCO[C@H]1CCCN(C(=O)c2cccc(OC)c2)CC1. The van der Waals surface area contributed by atoms with Crippen molar-refractivity contribution in [1.29, 1.82) is 0 Å². The molecule has 0 aliphatic carbocycles. The van der Waals surface area contributed by atoms with Crippen LogP contribution in [0.4, 0.5) is 0 Å². The highest BCUT2D eigenvalue weighted by molar-refractivity contribution is 5.94. The third-order valence-electron chi connectivity index (χ3n) is 3.84. The minimum atomic E-state index is 0.0880. The zero-order valence-electron chi connectivity index (χ0n) is 13.0. The van der Waals surface area contributed by atoms with E-state index in [9.17, 15) is 4.79 Å². The van der Waals surface area contributed by atoms with Gasteiger partial charge < -0.3 is 14.4 Å². The van der Waals surface area contributed by atoms with Crippen molar-refractivity contribution in [2.45, 2.75) is 38.7 Å². The monoisotopic (exact) mass is 291 g/mol. The van der Waals surface area contributed by atoms with Crippen molar-refractivity contribution in [2.75, 3.05) is 26.8 Å². The molecule has 1 aromatic rings. The van der Waals surface area contributed by atoms with Crippen molar-refractivity contribution in [1.82, 2.24) is 4.90 Å². The zero-order valence-corrected chi connectivity index (χ0v) is 13.0. The van der Waals surface area contributed by atoms with Gasteiger partial charge in [-0.15, -0.1) is 0 Å². The number of amides is 1. The molecule has 1 aliphatic rings. The van der Waals surface area contributed by atoms with Crippen molar-refractivity contribution < 1.29 is 14.3 Å². The smallest absolute Gasteiger partial charge is 0.253 e. The largest absolute Gasteiger partial charge is 0.497 e. The topological polar surface area (TPSA) is 38.8 Å². The zero-order chi connectivity index (χ0) is 15.1. The van der Waals surface area contributed by atoms with Crippen molar-refractivity contribution in [3.63, 3.8) is 0 Å². The molecule has 1 amide bonds. The standard InChI is InChI=1S/C17H25NO3/c1-3-12-21-15-8-5-10-18(11-9-15)17(19)14-6-4-7-16(13-14)20-2/h4,6-7,13,15H,3,5,8-12H2,1-2H3/t15-/m0/s1. The fourth-order valence-electron chi connectivity index (χ4n) is 2.66. The number of hydrogen-bond donors (Lipinski definition) is 0. The van der Waals surface area contributed by atoms with Gasteiger partial charge in [-0.2, -0.15) is 0 Å². The van der Waals surface area contributed by atoms with Crippen LogP contribution in [0, 0.1) is 0 Å². The maximum Gasteiger partial charge on any atom is 0.253 e. The van der Waals surface area contributed by atoms with Gasteiger partial charge in [0.05, 0.1) is 13.2 Å². The fourth-order valence-corrected chi connectivity index (χ4v) is 2.66. The molecule has 0 saturated carbocycles. The maximum atomic E-state index is 12.6. The lowest BCUT2D eigenvalue weighted by atomic mass is 10.1. The molecular weight excluding hydrogens is 266 g/mol. The number of hydrogen-bond acceptors (Lipinski definition) is 3. The summed E-state index contributed by atoms with van der Waals surface area (Å²) in [5.74, 6) is 0.810. The lowest BCUT2D eigenvalue weighted by Crippen LogP contribution is -2.32. The van der Waals surface area contributed by atoms with E-state index in [2.05, 4.69) is 6.92 Å². The summed E-state index contributed by atoms with van der Waals surface area (Å²) in [6.45, 7) is 4.51. The van der Waals surface area contributed by atoms with Crippen molar-refractivity contribution in [3.05, 3.63) is 29.8 Å². The lowest BCUT2D eigenvalue weighted by Gasteiger charge is -2.21. The number of methoxy groups -OCH3 is 1. The summed E-state index contributed by atoms with van der Waals surface area (Å²) in [4.78, 5) is 14.5. The van der Waals surface area contributed by atoms with Gasteiger partial charge in [0, 0.05) is 25.3 Å². The van der Waals surface area contributed by atoms with E-state index in [1.54, 1.807) is 13.2 Å². The van der Waals surface area contributed by atoms with Gasteiger partial charge in [-0.05, 0) is 43.9 Å². The molecule has 4 heteroatoms. The normalized spacial score (nSPS) is 19.1. The van der Waals surface area contributed by atoms with Gasteiger partial charge in [-0.25, -0.2) is 0 Å². The first kappa shape index (κ1) is 15.8. The van der Waals surface area contributed by atoms with E-state index in [0.29, 0.717) is 11.7 Å². The molecule has 1 aliphatic heterocycles. The predicted octanol–water partition coefficient (Wildman–Crippen LogP) is 3.12. The first-order valence-corrected chi connectivity index (χ1v) is 7.79. The number of carbonyl (C=O) groups excluding carboxylic acids is 1. The van der Waals surface area contributed by atoms with E-state index in [4.69, 9.17) is 9.47 Å². The highest BCUT2D eigenvalue weighted by Crippen LogP contribution is 2.19. The molecule has 1 atom stereocenters. The minimum Gasteiger partial charge on any atom is -0.497 e. The molecule has 2 rings (SSSR count). The maximum absolute atomic E-state index is 12.6. The molecule has 116 valence electrons. The van der Waals surface area contributed by atoms with E-state index in [-0.39, 0.29) is 5.91 Å². The van der Waals surface area contributed by atoms with Gasteiger partial charge in [0.25, 0.3) is 5.91 Å². The first-order valence-electron chi connectivity index (χ1n) is 7.79. The molecule has 0 bridgehead atoms. The van der Waals surface area contributed by atoms with E-state index >= 15 is 0 Å². The van der Waals surface area contributed by atoms with Gasteiger partial charge in [-0.3, -0.25) is 4.79 Å². The van der Waals surface area contributed by atoms with Gasteiger partial charge in [-0.1, -0.05) is 13.0 Å². The Labute approximate surface area is 127 Å². The van der Waals surface area contributed by atoms with E-state index in [1.807, 2.05) is 23.1 Å². The van der Waals surface area contributed by atoms with Crippen LogP contribution in [0.25, 0.3) is 0 Å². The number of ether oxygens (including phenoxy) is 2. The highest BCUT2D eigenvalue weighted by atomic mass is 16.5. The third-order valence-corrected chi connectivity index (χ3v) is 3.84. The number of likely N-dealkylation sites (tertiary alicyclic amines) is 1. The fraction of sp³-hybridized carbons (Fsp3) is 0.588. The molecule has 0 N–H and O–H groups in total. The van der Waals surface area contributed by atoms with Crippen LogP contribution in [0.2, 0.25) is 0 Å². The Balaban J connectivity index is 1.96. The van der Waals surface area contributed by atoms with E-state index < -0.39 is 0 Å². The first-order chi connectivity index (χ1) is 10.2. The average molecular weight is 291 g/mol. The van der Waals surface area contributed by atoms with Crippen molar-refractivity contribution in [3.8, 4) is 5.75 Å². The highest BCUT2D eigenvalue weighted by Gasteiger charge is 2.22. The van der Waals surface area contributed by atoms with Gasteiger partial charge in [0.15, 0.2) is 0 Å². The molecule has 0 unspecified atom stereocenters. The van der Waals surface area contributed by atoms with Crippen molar-refractivity contribution in [2.24, 2.45) is 0 Å². The molecule has 1 saturated heterocycles. The summed E-state index contributed by atoms with van der Waals surface area (Å²) >= 11 is 0. The predicted molar refractivity (Wildman–Crippen MR) is 82.8 cm³/mol. The van der Waals surface area contributed by atoms with Gasteiger partial charge in [0.1, 0.15) is 5.75 Å². The van der Waals surface area contributed by atoms with Crippen LogP contribution < -0.4 is 4.74 Å². The van der Waals surface area contributed by atoms with Crippen LogP contribution >= 0.6 is 0 Å². The Morgan fingerprint density at radius 3 is 2.95 bits per heavy atom. The summed E-state index contributed by atoms with van der Waals surface area (Å²) in [6.07, 6.45) is 4.32. The average Bonchev–Trinajstić information content (AvgIpc) is 2.78. The quantitative estimate of drug-likeness (QED) is 0.836. The van der Waals surface area contributed by atoms with Crippen LogP contribution in [0.5, 0.6) is 5.75 Å². The summed E-state index contributed by atoms with van der Waals surface area (Å²) in [7, 11) is 1.62. The van der Waals surface area contributed by atoms with Gasteiger partial charge in [0.2, 0.25) is 0 Å². The summed E-state index contributed by atoms with van der Waals surface area (Å²) < 4.78 is 11.0. The van der Waals surface area contributed by atoms with Crippen LogP contribution in [0.15, 0.2) is 24.3 Å². The van der Waals surface area contributed by atoms with E-state index in [1.165, 1.54) is 0 Å². The molecule has 0 radical (unpaired) electrons. The Morgan fingerprint density at radius 1 is 1.33 bits per heavy atom. The molecule has 0 aromatic heterocycles. The second kappa shape index (κ2) is 8.03. The Kier molecular flexibility index (Phi) is 6.05. The molecule has 21 heavy (non-hydrogen) atoms. The second-order valence-electron chi connectivity index (χ2n) is 5.45. The van der Waals surface area contributed by atoms with E-state index in [0.717, 1.165) is 51.1 Å². The molecule has 4 nitrogen and oxygen atoms in total. The third kappa shape index (κ3) is 4.46. The second-order valence-corrected chi connectivity index (χ2v) is 5.45. The van der Waals surface area contributed by atoms with Gasteiger partial charge >= 0.3 is 0 Å². The van der Waals surface area contributed by atoms with Crippen LogP contribution in [-0.4, -0.2) is 43.7 Å². The van der Waals surface area contributed by atoms with Crippen LogP contribution in [0.3, 0.4) is 0 Å². The Bertz CT molecular complexity index is 461. The number of benzene rings is 1. The summed E-state index contributed by atoms with van der Waals surface area (Å²) in [5, 5.41) is 0. The lowest BCUT2D eigenvalue weighted by molar-refractivity contribution is 0.0432. The molecule has 1 fully saturated rings. The van der Waals surface area contributed by atoms with Crippen LogP contribution in [-0.2, 0) is 4.74 Å². The molecule has 1 heterocycles. The summed E-state index contributed by atoms with van der Waals surface area (Å²) in [5.41, 5.74) is 0.697. The number of rotatable bonds is 5. The molecular formula is C17H25NO3. The summed E-state index contributed by atoms with van der Waals surface area (Å²) in [6, 6.07) is 7.37. The number of nitrogens with zero attached hydrogens (tertiary/aromatic N) is 1. The van der Waals surface area contributed by atoms with Crippen LogP contribution in [0.1, 0.15) is 43.0 Å². The molecule has 1 aromatic carbocycles. The Hall–Kier alpha value is -1.55. The molecule has 0 spiro atoms. The minimum absolute atomic E-state index is 0.0880. The van der Waals surface area contributed by atoms with Crippen molar-refractivity contribution >= 4 is 5.91 Å². The Morgan fingerprint density at radius 2 is 2.19 bits per heavy atom.